The molecule has 2 aromatic rings. The van der Waals surface area contributed by atoms with E-state index in [9.17, 15) is 22.8 Å². The van der Waals surface area contributed by atoms with Gasteiger partial charge in [0.1, 0.15) is 12.0 Å². The Labute approximate surface area is 191 Å². The summed E-state index contributed by atoms with van der Waals surface area (Å²) in [7, 11) is 0. The normalized spacial score (nSPS) is 22.9. The number of benzene rings is 2. The first kappa shape index (κ1) is 23.3. The van der Waals surface area contributed by atoms with Crippen LogP contribution in [0.25, 0.3) is 0 Å². The van der Waals surface area contributed by atoms with Gasteiger partial charge in [-0.2, -0.15) is 13.2 Å². The topological polar surface area (TPSA) is 70.2 Å². The Balaban J connectivity index is 1.51. The Morgan fingerprint density at radius 2 is 1.55 bits per heavy atom. The Morgan fingerprint density at radius 3 is 2.15 bits per heavy atom. The largest absolute Gasteiger partial charge is 0.408 e. The molecule has 2 aliphatic heterocycles. The molecule has 0 saturated carbocycles. The first-order valence-corrected chi connectivity index (χ1v) is 11.4. The zero-order chi connectivity index (χ0) is 23.4. The van der Waals surface area contributed by atoms with Crippen LogP contribution < -0.4 is 16.0 Å². The van der Waals surface area contributed by atoms with Crippen molar-refractivity contribution in [2.24, 2.45) is 5.92 Å². The number of piperidine rings is 2. The molecule has 2 fully saturated rings. The van der Waals surface area contributed by atoms with Crippen LogP contribution in [-0.2, 0) is 9.59 Å². The fourth-order valence-electron chi connectivity index (χ4n) is 4.67. The van der Waals surface area contributed by atoms with Crippen molar-refractivity contribution in [2.45, 2.75) is 49.9 Å². The van der Waals surface area contributed by atoms with Crippen LogP contribution in [0.15, 0.2) is 54.6 Å². The predicted molar refractivity (Wildman–Crippen MR) is 118 cm³/mol. The molecule has 2 amide bonds. The Morgan fingerprint density at radius 1 is 0.909 bits per heavy atom. The molecule has 176 valence electrons. The highest BCUT2D eigenvalue weighted by molar-refractivity contribution is 6.01. The lowest BCUT2D eigenvalue weighted by molar-refractivity contribution is -0.171. The molecule has 33 heavy (non-hydrogen) atoms. The third-order valence-corrected chi connectivity index (χ3v) is 6.59. The molecule has 5 nitrogen and oxygen atoms in total. The fraction of sp³-hybridized carbons (Fsp3) is 0.440. The van der Waals surface area contributed by atoms with Crippen LogP contribution in [0.1, 0.15) is 54.3 Å². The molecule has 3 N–H and O–H groups in total. The Hall–Kier alpha value is -2.87. The molecule has 0 aliphatic carbocycles. The maximum absolute atomic E-state index is 13.0. The van der Waals surface area contributed by atoms with Crippen LogP contribution >= 0.6 is 0 Å². The van der Waals surface area contributed by atoms with E-state index in [1.807, 2.05) is 47.8 Å². The summed E-state index contributed by atoms with van der Waals surface area (Å²) in [5, 5.41) is 8.23. The maximum atomic E-state index is 13.0. The van der Waals surface area contributed by atoms with Crippen LogP contribution in [0.5, 0.6) is 0 Å². The quantitative estimate of drug-likeness (QED) is 0.596. The van der Waals surface area contributed by atoms with E-state index in [0.717, 1.165) is 37.1 Å². The van der Waals surface area contributed by atoms with Gasteiger partial charge in [-0.3, -0.25) is 9.59 Å². The predicted octanol–water partition coefficient (Wildman–Crippen LogP) is 3.82. The summed E-state index contributed by atoms with van der Waals surface area (Å²) >= 11 is 0. The van der Waals surface area contributed by atoms with Crippen molar-refractivity contribution in [3.8, 4) is 0 Å². The van der Waals surface area contributed by atoms with E-state index in [2.05, 4.69) is 22.8 Å². The van der Waals surface area contributed by atoms with Crippen LogP contribution in [-0.4, -0.2) is 37.1 Å². The lowest BCUT2D eigenvalue weighted by atomic mass is 9.88. The van der Waals surface area contributed by atoms with Crippen LogP contribution in [0, 0.1) is 5.92 Å². The molecule has 0 aromatic heterocycles. The minimum atomic E-state index is -4.51. The third-order valence-electron chi connectivity index (χ3n) is 6.59. The molecule has 8 heteroatoms. The van der Waals surface area contributed by atoms with E-state index in [-0.39, 0.29) is 12.8 Å². The summed E-state index contributed by atoms with van der Waals surface area (Å²) in [5.74, 6) is -2.10. The maximum Gasteiger partial charge on any atom is 0.408 e. The lowest BCUT2D eigenvalue weighted by Gasteiger charge is -2.31. The van der Waals surface area contributed by atoms with Gasteiger partial charge in [0.05, 0.1) is 6.04 Å². The van der Waals surface area contributed by atoms with Crippen LogP contribution in [0.3, 0.4) is 0 Å². The van der Waals surface area contributed by atoms with Crippen molar-refractivity contribution in [1.82, 2.24) is 16.0 Å². The Kier molecular flexibility index (Phi) is 7.02. The smallest absolute Gasteiger partial charge is 0.344 e. The van der Waals surface area contributed by atoms with E-state index in [4.69, 9.17) is 0 Å². The Bertz CT molecular complexity index is 957. The van der Waals surface area contributed by atoms with Gasteiger partial charge in [-0.15, -0.1) is 0 Å². The molecule has 2 aromatic carbocycles. The average molecular weight is 460 g/mol. The minimum absolute atomic E-state index is 0.141. The summed E-state index contributed by atoms with van der Waals surface area (Å²) in [6, 6.07) is 15.1. The number of carbonyl (C=O) groups excluding carboxylic acids is 2. The van der Waals surface area contributed by atoms with E-state index in [0.29, 0.717) is 5.92 Å². The van der Waals surface area contributed by atoms with Gasteiger partial charge in [0, 0.05) is 0 Å². The standard InChI is InChI=1S/C25H28F3N3O2/c26-25(27,28)21-11-10-20(23(32)30-21)24(33)31-22(18-4-2-1-3-5-18)19-8-6-16(7-9-19)17-12-14-29-15-13-17/h1-9,17,20-22,29H,10-15H2,(H,30,32)(H,31,33). The number of amides is 2. The number of hydrogen-bond acceptors (Lipinski definition) is 3. The number of alkyl halides is 3. The summed E-state index contributed by atoms with van der Waals surface area (Å²) in [6.07, 6.45) is -2.81. The highest BCUT2D eigenvalue weighted by Gasteiger charge is 2.46. The van der Waals surface area contributed by atoms with E-state index in [1.54, 1.807) is 0 Å². The highest BCUT2D eigenvalue weighted by Crippen LogP contribution is 2.31. The average Bonchev–Trinajstić information content (AvgIpc) is 2.83. The molecule has 2 heterocycles. The van der Waals surface area contributed by atoms with E-state index >= 15 is 0 Å². The van der Waals surface area contributed by atoms with Crippen molar-refractivity contribution >= 4 is 11.8 Å². The van der Waals surface area contributed by atoms with Crippen LogP contribution in [0.4, 0.5) is 13.2 Å². The minimum Gasteiger partial charge on any atom is -0.344 e. The second kappa shape index (κ2) is 9.95. The molecule has 0 radical (unpaired) electrons. The molecular weight excluding hydrogens is 431 g/mol. The molecule has 2 saturated heterocycles. The first-order valence-electron chi connectivity index (χ1n) is 11.4. The van der Waals surface area contributed by atoms with Gasteiger partial charge in [0.25, 0.3) is 0 Å². The van der Waals surface area contributed by atoms with Crippen molar-refractivity contribution in [1.29, 1.82) is 0 Å². The second-order valence-corrected chi connectivity index (χ2v) is 8.78. The van der Waals surface area contributed by atoms with Gasteiger partial charge in [0.2, 0.25) is 11.8 Å². The first-order chi connectivity index (χ1) is 15.8. The van der Waals surface area contributed by atoms with Crippen molar-refractivity contribution in [2.75, 3.05) is 13.1 Å². The van der Waals surface area contributed by atoms with Crippen LogP contribution in [0.2, 0.25) is 0 Å². The van der Waals surface area contributed by atoms with Gasteiger partial charge in [0.15, 0.2) is 0 Å². The van der Waals surface area contributed by atoms with Gasteiger partial charge in [-0.05, 0) is 61.4 Å². The molecule has 0 bridgehead atoms. The third kappa shape index (κ3) is 5.55. The van der Waals surface area contributed by atoms with Gasteiger partial charge in [-0.25, -0.2) is 0 Å². The SMILES string of the molecule is O=C(NC(c1ccccc1)c1ccc(C2CCNCC2)cc1)C1CCC(C(F)(F)F)NC1=O. The summed E-state index contributed by atoms with van der Waals surface area (Å²) in [4.78, 5) is 25.3. The molecule has 0 spiro atoms. The number of carbonyl (C=O) groups is 2. The zero-order valence-corrected chi connectivity index (χ0v) is 18.2. The second-order valence-electron chi connectivity index (χ2n) is 8.78. The lowest BCUT2D eigenvalue weighted by Crippen LogP contribution is -2.54. The van der Waals surface area contributed by atoms with Crippen molar-refractivity contribution < 1.29 is 22.8 Å². The molecule has 2 aliphatic rings. The van der Waals surface area contributed by atoms with Gasteiger partial charge < -0.3 is 16.0 Å². The molecule has 3 unspecified atom stereocenters. The zero-order valence-electron chi connectivity index (χ0n) is 18.2. The molecule has 3 atom stereocenters. The monoisotopic (exact) mass is 459 g/mol. The summed E-state index contributed by atoms with van der Waals surface area (Å²) in [6.45, 7) is 1.99. The highest BCUT2D eigenvalue weighted by atomic mass is 19.4. The molecule has 4 rings (SSSR count). The van der Waals surface area contributed by atoms with E-state index in [1.165, 1.54) is 5.56 Å². The number of nitrogens with one attached hydrogen (secondary N) is 3. The number of hydrogen-bond donors (Lipinski definition) is 3. The number of halogens is 3. The summed E-state index contributed by atoms with van der Waals surface area (Å²) in [5.41, 5.74) is 2.95. The van der Waals surface area contributed by atoms with Gasteiger partial charge in [-0.1, -0.05) is 54.6 Å². The van der Waals surface area contributed by atoms with E-state index < -0.39 is 36.0 Å². The fourth-order valence-corrected chi connectivity index (χ4v) is 4.67. The molecular formula is C25H28F3N3O2. The van der Waals surface area contributed by atoms with Crippen molar-refractivity contribution in [3.05, 3.63) is 71.3 Å². The van der Waals surface area contributed by atoms with Crippen molar-refractivity contribution in [3.63, 3.8) is 0 Å². The summed E-state index contributed by atoms with van der Waals surface area (Å²) < 4.78 is 38.8. The number of rotatable bonds is 5. The van der Waals surface area contributed by atoms with Gasteiger partial charge >= 0.3 is 6.18 Å².